The topological polar surface area (TPSA) is 51.8 Å². The summed E-state index contributed by atoms with van der Waals surface area (Å²) in [6.45, 7) is 5.10. The van der Waals surface area contributed by atoms with Crippen LogP contribution in [0.4, 0.5) is 4.39 Å². The lowest BCUT2D eigenvalue weighted by molar-refractivity contribution is 0.260. The van der Waals surface area contributed by atoms with Gasteiger partial charge < -0.3 is 9.15 Å². The van der Waals surface area contributed by atoms with E-state index >= 15 is 0 Å². The number of fused-ring (bicyclic) bond motifs is 1. The molecule has 0 saturated carbocycles. The zero-order valence-electron chi connectivity index (χ0n) is 10.9. The van der Waals surface area contributed by atoms with E-state index in [2.05, 4.69) is 11.6 Å². The molecule has 0 spiro atoms. The van der Waals surface area contributed by atoms with Gasteiger partial charge in [0.2, 0.25) is 5.90 Å². The molecule has 2 rings (SSSR count). The molecule has 19 heavy (non-hydrogen) atoms. The molecular formula is C14H16FNO3. The summed E-state index contributed by atoms with van der Waals surface area (Å²) < 4.78 is 22.8. The predicted octanol–water partition coefficient (Wildman–Crippen LogP) is 2.39. The molecule has 1 aromatic rings. The highest BCUT2D eigenvalue weighted by Gasteiger charge is 2.24. The van der Waals surface area contributed by atoms with Crippen LogP contribution in [0.1, 0.15) is 30.2 Å². The molecule has 1 aromatic heterocycles. The molecule has 2 heterocycles. The average Bonchev–Trinajstić information content (AvgIpc) is 2.35. The van der Waals surface area contributed by atoms with Crippen LogP contribution in [0.15, 0.2) is 32.5 Å². The SMILES string of the molecule is C=C1Cc2oc(=O)cc(CCC)c2C(OCCF)=N1. The fraction of sp³-hybridized carbons (Fsp3) is 0.429. The molecule has 4 nitrogen and oxygen atoms in total. The third-order valence-electron chi connectivity index (χ3n) is 2.79. The smallest absolute Gasteiger partial charge is 0.336 e. The van der Waals surface area contributed by atoms with Crippen LogP contribution in [-0.4, -0.2) is 19.2 Å². The number of aliphatic imine (C=N–C) groups is 1. The van der Waals surface area contributed by atoms with Gasteiger partial charge in [-0.25, -0.2) is 14.2 Å². The lowest BCUT2D eigenvalue weighted by Gasteiger charge is -2.19. The van der Waals surface area contributed by atoms with Crippen molar-refractivity contribution in [3.05, 3.63) is 45.6 Å². The first-order chi connectivity index (χ1) is 9.15. The normalized spacial score (nSPS) is 14.0. The van der Waals surface area contributed by atoms with Crippen LogP contribution in [-0.2, 0) is 17.6 Å². The lowest BCUT2D eigenvalue weighted by Crippen LogP contribution is -2.21. The van der Waals surface area contributed by atoms with E-state index in [-0.39, 0.29) is 12.2 Å². The van der Waals surface area contributed by atoms with Crippen LogP contribution in [0.25, 0.3) is 0 Å². The van der Waals surface area contributed by atoms with E-state index in [0.717, 1.165) is 18.4 Å². The minimum Gasteiger partial charge on any atom is -0.474 e. The van der Waals surface area contributed by atoms with Crippen molar-refractivity contribution in [2.45, 2.75) is 26.2 Å². The predicted molar refractivity (Wildman–Crippen MR) is 70.3 cm³/mol. The van der Waals surface area contributed by atoms with E-state index in [4.69, 9.17) is 9.15 Å². The van der Waals surface area contributed by atoms with E-state index in [0.29, 0.717) is 29.3 Å². The lowest BCUT2D eigenvalue weighted by atomic mass is 9.99. The Bertz CT molecular complexity index is 575. The number of ether oxygens (including phenoxy) is 1. The van der Waals surface area contributed by atoms with Crippen molar-refractivity contribution < 1.29 is 13.5 Å². The van der Waals surface area contributed by atoms with Crippen LogP contribution in [0.2, 0.25) is 0 Å². The summed E-state index contributed by atoms with van der Waals surface area (Å²) in [4.78, 5) is 15.7. The zero-order chi connectivity index (χ0) is 13.8. The molecule has 0 fully saturated rings. The van der Waals surface area contributed by atoms with Crippen molar-refractivity contribution in [1.29, 1.82) is 0 Å². The highest BCUT2D eigenvalue weighted by Crippen LogP contribution is 2.24. The number of aryl methyl sites for hydroxylation is 1. The summed E-state index contributed by atoms with van der Waals surface area (Å²) in [5, 5.41) is 0. The quantitative estimate of drug-likeness (QED) is 0.840. The third kappa shape index (κ3) is 2.92. The molecular weight excluding hydrogens is 249 g/mol. The van der Waals surface area contributed by atoms with Gasteiger partial charge in [-0.05, 0) is 12.0 Å². The van der Waals surface area contributed by atoms with Gasteiger partial charge >= 0.3 is 5.63 Å². The van der Waals surface area contributed by atoms with Crippen molar-refractivity contribution >= 4 is 5.90 Å². The number of alkyl halides is 1. The summed E-state index contributed by atoms with van der Waals surface area (Å²) >= 11 is 0. The first kappa shape index (κ1) is 13.5. The van der Waals surface area contributed by atoms with Gasteiger partial charge in [0.1, 0.15) is 19.0 Å². The standard InChI is InChI=1S/C14H16FNO3/c1-3-4-10-8-12(17)19-11-7-9(2)16-14(13(10)11)18-6-5-15/h8H,2-7H2,1H3. The van der Waals surface area contributed by atoms with Crippen LogP contribution in [0.5, 0.6) is 0 Å². The Kier molecular flexibility index (Phi) is 4.14. The molecule has 0 amide bonds. The number of hydrogen-bond donors (Lipinski definition) is 0. The fourth-order valence-corrected chi connectivity index (χ4v) is 2.11. The number of halogens is 1. The Morgan fingerprint density at radius 3 is 3.05 bits per heavy atom. The van der Waals surface area contributed by atoms with Crippen LogP contribution in [0, 0.1) is 0 Å². The molecule has 0 aromatic carbocycles. The van der Waals surface area contributed by atoms with Crippen molar-refractivity contribution in [2.75, 3.05) is 13.3 Å². The highest BCUT2D eigenvalue weighted by atomic mass is 19.1. The van der Waals surface area contributed by atoms with E-state index < -0.39 is 6.67 Å². The molecule has 0 unspecified atom stereocenters. The Balaban J connectivity index is 2.50. The third-order valence-corrected chi connectivity index (χ3v) is 2.79. The molecule has 102 valence electrons. The van der Waals surface area contributed by atoms with E-state index in [1.807, 2.05) is 6.92 Å². The molecule has 0 radical (unpaired) electrons. The Morgan fingerprint density at radius 2 is 2.37 bits per heavy atom. The summed E-state index contributed by atoms with van der Waals surface area (Å²) in [5.74, 6) is 0.806. The number of rotatable bonds is 4. The van der Waals surface area contributed by atoms with Gasteiger partial charge in [0, 0.05) is 18.2 Å². The molecule has 5 heteroatoms. The first-order valence-corrected chi connectivity index (χ1v) is 6.27. The second kappa shape index (κ2) is 5.82. The Labute approximate surface area is 110 Å². The molecule has 1 aliphatic heterocycles. The largest absolute Gasteiger partial charge is 0.474 e. The monoisotopic (exact) mass is 265 g/mol. The minimum atomic E-state index is -0.597. The molecule has 1 aliphatic rings. The zero-order valence-corrected chi connectivity index (χ0v) is 10.9. The van der Waals surface area contributed by atoms with Gasteiger partial charge in [0.25, 0.3) is 0 Å². The number of hydrogen-bond acceptors (Lipinski definition) is 4. The van der Waals surface area contributed by atoms with Gasteiger partial charge in [0.15, 0.2) is 0 Å². The van der Waals surface area contributed by atoms with Gasteiger partial charge in [-0.2, -0.15) is 0 Å². The van der Waals surface area contributed by atoms with E-state index in [1.165, 1.54) is 6.07 Å². The minimum absolute atomic E-state index is 0.0732. The molecule has 0 saturated heterocycles. The maximum Gasteiger partial charge on any atom is 0.336 e. The van der Waals surface area contributed by atoms with E-state index in [9.17, 15) is 9.18 Å². The number of nitrogens with zero attached hydrogens (tertiary/aromatic N) is 1. The average molecular weight is 265 g/mol. The second-order valence-corrected chi connectivity index (χ2v) is 4.34. The summed E-state index contributed by atoms with van der Waals surface area (Å²) in [6, 6.07) is 1.45. The summed E-state index contributed by atoms with van der Waals surface area (Å²) in [5.41, 5.74) is 1.67. The molecule has 0 bridgehead atoms. The Hall–Kier alpha value is -1.91. The van der Waals surface area contributed by atoms with Gasteiger partial charge in [-0.1, -0.05) is 19.9 Å². The molecule has 0 atom stereocenters. The maximum atomic E-state index is 12.3. The van der Waals surface area contributed by atoms with Crippen molar-refractivity contribution in [3.63, 3.8) is 0 Å². The van der Waals surface area contributed by atoms with Crippen LogP contribution >= 0.6 is 0 Å². The second-order valence-electron chi connectivity index (χ2n) is 4.34. The highest BCUT2D eigenvalue weighted by molar-refractivity contribution is 5.98. The van der Waals surface area contributed by atoms with E-state index in [1.54, 1.807) is 0 Å². The van der Waals surface area contributed by atoms with Crippen molar-refractivity contribution in [3.8, 4) is 0 Å². The maximum absolute atomic E-state index is 12.3. The number of allylic oxidation sites excluding steroid dienone is 1. The van der Waals surface area contributed by atoms with Crippen LogP contribution < -0.4 is 5.63 Å². The summed E-state index contributed by atoms with van der Waals surface area (Å²) in [7, 11) is 0. The first-order valence-electron chi connectivity index (χ1n) is 6.27. The van der Waals surface area contributed by atoms with Crippen molar-refractivity contribution in [2.24, 2.45) is 4.99 Å². The Morgan fingerprint density at radius 1 is 1.58 bits per heavy atom. The van der Waals surface area contributed by atoms with Gasteiger partial charge in [-0.3, -0.25) is 0 Å². The van der Waals surface area contributed by atoms with Crippen molar-refractivity contribution in [1.82, 2.24) is 0 Å². The fourth-order valence-electron chi connectivity index (χ4n) is 2.11. The van der Waals surface area contributed by atoms with Crippen LogP contribution in [0.3, 0.4) is 0 Å². The summed E-state index contributed by atoms with van der Waals surface area (Å²) in [6.07, 6.45) is 1.98. The van der Waals surface area contributed by atoms with Gasteiger partial charge in [0.05, 0.1) is 5.56 Å². The molecule has 0 aliphatic carbocycles. The molecule has 0 N–H and O–H groups in total. The van der Waals surface area contributed by atoms with Gasteiger partial charge in [-0.15, -0.1) is 0 Å².